The molecule has 7 aliphatic rings. The Morgan fingerprint density at radius 3 is 1.33 bits per heavy atom. The fourth-order valence-corrected chi connectivity index (χ4v) is 20.9. The van der Waals surface area contributed by atoms with Crippen molar-refractivity contribution in [3.05, 3.63) is 201 Å². The zero-order valence-corrected chi connectivity index (χ0v) is 79.7. The number of hydrogen-bond donors (Lipinski definition) is 13. The predicted molar refractivity (Wildman–Crippen MR) is 472 cm³/mol. The summed E-state index contributed by atoms with van der Waals surface area (Å²) >= 11 is 0. The van der Waals surface area contributed by atoms with E-state index < -0.39 is 266 Å². The number of carbonyl (C=O) groups excluding carboxylic acids is 3. The Morgan fingerprint density at radius 2 is 0.898 bits per heavy atom. The number of aromatic nitrogens is 10. The van der Waals surface area contributed by atoms with Gasteiger partial charge >= 0.3 is 68.0 Å². The Kier molecular flexibility index (Phi) is 34.7. The summed E-state index contributed by atoms with van der Waals surface area (Å²) in [6.07, 6.45) is -14.0. The average Bonchev–Trinajstić information content (AvgIpc) is 1.57. The highest BCUT2D eigenvalue weighted by Crippen LogP contribution is 2.56. The molecular formula is C80H109N14O38P5. The topological polar surface area (TPSA) is 690 Å². The van der Waals surface area contributed by atoms with E-state index in [0.717, 1.165) is 91.0 Å². The van der Waals surface area contributed by atoms with E-state index >= 15 is 0 Å². The van der Waals surface area contributed by atoms with Crippen LogP contribution >= 0.6 is 39.1 Å². The van der Waals surface area contributed by atoms with Crippen molar-refractivity contribution in [3.63, 3.8) is 0 Å². The maximum absolute atomic E-state index is 14.4. The molecule has 6 aliphatic heterocycles. The number of phosphoric ester groups is 5. The van der Waals surface area contributed by atoms with Gasteiger partial charge in [-0.2, -0.15) is 5.10 Å². The highest BCUT2D eigenvalue weighted by molar-refractivity contribution is 7.48. The molecule has 57 heteroatoms. The van der Waals surface area contributed by atoms with Crippen molar-refractivity contribution < 1.29 is 140 Å². The van der Waals surface area contributed by atoms with Crippen LogP contribution in [0.4, 0.5) is 4.79 Å². The summed E-state index contributed by atoms with van der Waals surface area (Å²) in [5.74, 6) is -0.389. The van der Waals surface area contributed by atoms with Crippen LogP contribution in [-0.2, 0) is 125 Å². The van der Waals surface area contributed by atoms with Gasteiger partial charge in [0.2, 0.25) is 5.91 Å². The van der Waals surface area contributed by atoms with Crippen LogP contribution in [-0.4, -0.2) is 227 Å². The maximum Gasteiger partial charge on any atom is 0.472 e. The zero-order chi connectivity index (χ0) is 98.9. The number of aliphatic hydroxyl groups is 1. The Hall–Kier alpha value is -9.18. The first-order chi connectivity index (χ1) is 64.7. The van der Waals surface area contributed by atoms with E-state index in [4.69, 9.17) is 73.7 Å². The van der Waals surface area contributed by atoms with Crippen LogP contribution < -0.4 is 60.9 Å². The van der Waals surface area contributed by atoms with Crippen molar-refractivity contribution in [1.29, 1.82) is 0 Å². The van der Waals surface area contributed by atoms with E-state index in [1.807, 2.05) is 31.2 Å². The molecule has 52 nitrogen and oxygen atoms in total. The molecule has 13 rings (SSSR count). The monoisotopic (exact) mass is 2030 g/mol. The number of amides is 3. The van der Waals surface area contributed by atoms with Gasteiger partial charge in [-0.3, -0.25) is 112 Å². The van der Waals surface area contributed by atoms with Gasteiger partial charge in [0, 0.05) is 110 Å². The largest absolute Gasteiger partial charge is 0.472 e. The van der Waals surface area contributed by atoms with E-state index in [2.05, 4.69) is 59.6 Å². The van der Waals surface area contributed by atoms with Gasteiger partial charge in [-0.25, -0.2) is 46.8 Å². The number of nitrogens with one attached hydrogen (secondary N) is 7. The molecule has 1 aliphatic carbocycles. The number of alkyl carbamates (subject to hydrolysis) is 1. The third-order valence-corrected chi connectivity index (χ3v) is 28.6. The number of rotatable bonds is 42. The van der Waals surface area contributed by atoms with Gasteiger partial charge < -0.3 is 78.8 Å². The lowest BCUT2D eigenvalue weighted by Gasteiger charge is -2.32. The predicted octanol–water partition coefficient (Wildman–Crippen LogP) is 3.45. The summed E-state index contributed by atoms with van der Waals surface area (Å²) in [5, 5.41) is 28.0. The Balaban J connectivity index is 0.639. The van der Waals surface area contributed by atoms with Gasteiger partial charge in [0.1, 0.15) is 98.0 Å². The van der Waals surface area contributed by atoms with E-state index in [0.29, 0.717) is 50.0 Å². The van der Waals surface area contributed by atoms with Crippen LogP contribution in [0, 0.1) is 34.6 Å². The first kappa shape index (κ1) is 105. The van der Waals surface area contributed by atoms with E-state index in [1.54, 1.807) is 0 Å². The number of fused-ring (bicyclic) bond motifs is 1. The normalized spacial score (nSPS) is 26.8. The third-order valence-electron chi connectivity index (χ3n) is 23.6. The van der Waals surface area contributed by atoms with E-state index in [-0.39, 0.29) is 52.4 Å². The molecule has 137 heavy (non-hydrogen) atoms. The fraction of sp³-hybridized carbons (Fsp3) is 0.588. The maximum atomic E-state index is 14.4. The Morgan fingerprint density at radius 1 is 0.489 bits per heavy atom. The second kappa shape index (κ2) is 45.2. The lowest BCUT2D eigenvalue weighted by molar-refractivity contribution is -0.120. The number of hydrogen-bond acceptors (Lipinski definition) is 36. The molecular weight excluding hydrogens is 1920 g/mol. The quantitative estimate of drug-likeness (QED) is 0.0193. The van der Waals surface area contributed by atoms with Crippen molar-refractivity contribution in [3.8, 4) is 11.3 Å². The van der Waals surface area contributed by atoms with Crippen molar-refractivity contribution in [2.24, 2.45) is 0 Å². The number of phosphoric acid groups is 5. The molecule has 752 valence electrons. The molecule has 5 saturated heterocycles. The Bertz CT molecular complexity index is 6240. The summed E-state index contributed by atoms with van der Waals surface area (Å²) in [7, 11) is -27.5. The zero-order valence-electron chi connectivity index (χ0n) is 75.2. The van der Waals surface area contributed by atoms with Gasteiger partial charge in [-0.05, 0) is 96.8 Å². The molecule has 11 unspecified atom stereocenters. The van der Waals surface area contributed by atoms with Crippen LogP contribution in [0.5, 0.6) is 0 Å². The molecule has 3 amide bonds. The fourth-order valence-electron chi connectivity index (χ4n) is 16.3. The van der Waals surface area contributed by atoms with Gasteiger partial charge in [0.15, 0.2) is 0 Å². The molecule has 0 bridgehead atoms. The minimum absolute atomic E-state index is 0.00830. The summed E-state index contributed by atoms with van der Waals surface area (Å²) in [6, 6.07) is 7.64. The van der Waals surface area contributed by atoms with Crippen LogP contribution in [0.1, 0.15) is 167 Å². The van der Waals surface area contributed by atoms with Gasteiger partial charge in [0.25, 0.3) is 28.1 Å². The summed E-state index contributed by atoms with van der Waals surface area (Å²) in [6.45, 7) is 8.89. The van der Waals surface area contributed by atoms with Crippen LogP contribution in [0.2, 0.25) is 0 Å². The molecule has 6 aromatic rings. The molecule has 5 fully saturated rings. The summed E-state index contributed by atoms with van der Waals surface area (Å²) in [4.78, 5) is 208. The number of nitrogens with zero attached hydrogens (tertiary/aromatic N) is 7. The number of H-pyrrole nitrogens is 4. The second-order valence-corrected chi connectivity index (χ2v) is 40.8. The van der Waals surface area contributed by atoms with Crippen LogP contribution in [0.25, 0.3) is 11.3 Å². The molecule has 1 aromatic carbocycles. The minimum atomic E-state index is -5.70. The molecule has 5 aromatic heterocycles. The van der Waals surface area contributed by atoms with E-state index in [9.17, 15) is 105 Å². The number of benzene rings is 1. The standard InChI is InChI=1S/C80H109N14O38P5/c1-9-10-11-12-13-23-81-64(96)26-49-17-19-50(20-18-49)70-53-16-14-15-51(21-22-52(53)47(7)88-89-70)123-80(106)82-24-25-117-133(107,108)118-38-60-55(28-66(125-60)91-33-43(3)72(98)84-76(91)102)130-135(111,112)120-40-62-57(30-68(127-62)93-35-45(5)74(100)86-78(93)104)132-137(115,116)122-41-63-58(31-69(128-63)94-36-46(6)75(101)87-79(94)105)131-136(113,114)121-39-61-56(29-67(126-61)92-34-44(4)73(99)85-77(92)103)129-134(109,110)119-37-59-54(95)27-65(124-59)90-32-42(2)71(97)83-48(90)8/h17-20,32-36,51,54-63,65-69,95H,8-16,21-31,37-41H2,1-7H3,(H,81,96)(H,82,106)(H,83,97)(H,107,108)(H,109,110)(H,111,112)(H,113,114)(H,115,116)(H,84,98,102)(H,85,99,103)(H,86,100,104)(H,87,101,105)/t51?,54?,55?,56?,57?,58?,59-,60-,61-,62-,63-,65-,66-,67-,68-,69-/m1/s1. The number of unbranched alkanes of at least 4 members (excludes halogenated alkanes) is 4. The molecule has 11 heterocycles. The third kappa shape index (κ3) is 27.8. The molecule has 0 radical (unpaired) electrons. The number of aryl methyl sites for hydroxylation is 5. The number of aliphatic hydroxyl groups excluding tert-OH is 1. The lowest BCUT2D eigenvalue weighted by Crippen LogP contribution is -2.42. The number of carbonyl (C=O) groups is 3. The van der Waals surface area contributed by atoms with Crippen LogP contribution in [0.15, 0.2) is 112 Å². The van der Waals surface area contributed by atoms with Gasteiger partial charge in [-0.1, -0.05) is 63.5 Å². The molecule has 13 N–H and O–H groups in total. The first-order valence-electron chi connectivity index (χ1n) is 43.9. The average molecular weight is 2030 g/mol. The SMILES string of the molecule is C=C1NC(=O)C(C)=CN1[C@H]1CC(O)[C@@H](COP(=O)(O)OC2C[C@H](n3cc(C)c(=O)[nH]c3=O)O[C@@H]2COP(=O)(O)OC2C[C@H](n3cc(C)c(=O)[nH]c3=O)O[C@@H]2COP(=O)(O)OC2C[C@H](n3cc(C)c(=O)[nH]c3=O)O[C@@H]2COP(=O)(O)OC2C[C@H](n3cc(C)c(=O)[nH]c3=O)O[C@@H]2COP(=O)(O)OCCNC(=O)OC2CCCc3c(-c4ccc(CC(=O)NCCCCCCC)cc4)nnc(C)c3CC2)O1. The second-order valence-electron chi connectivity index (χ2n) is 33.8. The Labute approximate surface area is 778 Å². The summed E-state index contributed by atoms with van der Waals surface area (Å²) < 4.78 is 164. The van der Waals surface area contributed by atoms with E-state index in [1.165, 1.54) is 52.1 Å². The van der Waals surface area contributed by atoms with Crippen molar-refractivity contribution in [2.45, 2.75) is 249 Å². The molecule has 0 saturated carbocycles. The summed E-state index contributed by atoms with van der Waals surface area (Å²) in [5.41, 5.74) is -2.28. The highest BCUT2D eigenvalue weighted by atomic mass is 31.2. The van der Waals surface area contributed by atoms with Crippen molar-refractivity contribution in [2.75, 3.05) is 52.7 Å². The number of ether oxygens (including phenoxy) is 6. The molecule has 0 spiro atoms. The van der Waals surface area contributed by atoms with Gasteiger partial charge in [-0.15, -0.1) is 5.10 Å². The van der Waals surface area contributed by atoms with Gasteiger partial charge in [0.05, 0.1) is 63.6 Å². The number of aromatic amines is 4. The lowest BCUT2D eigenvalue weighted by atomic mass is 9.89. The first-order valence-corrected chi connectivity index (χ1v) is 51.3. The minimum Gasteiger partial charge on any atom is -0.446 e. The van der Waals surface area contributed by atoms with Crippen LogP contribution in [0.3, 0.4) is 0 Å². The molecule has 21 atom stereocenters. The highest BCUT2D eigenvalue weighted by Gasteiger charge is 2.51. The smallest absolute Gasteiger partial charge is 0.446 e. The van der Waals surface area contributed by atoms with Crippen molar-refractivity contribution >= 4 is 57.0 Å². The van der Waals surface area contributed by atoms with Crippen molar-refractivity contribution in [1.82, 2.24) is 69.3 Å².